The third-order valence-corrected chi connectivity index (χ3v) is 3.76. The van der Waals surface area contributed by atoms with Crippen molar-refractivity contribution in [3.8, 4) is 5.75 Å². The van der Waals surface area contributed by atoms with Gasteiger partial charge in [-0.05, 0) is 19.4 Å². The molecule has 1 fully saturated rings. The molecule has 0 aromatic heterocycles. The Morgan fingerprint density at radius 3 is 2.63 bits per heavy atom. The second-order valence-electron chi connectivity index (χ2n) is 5.57. The molecule has 4 nitrogen and oxygen atoms in total. The Kier molecular flexibility index (Phi) is 4.45. The van der Waals surface area contributed by atoms with Crippen molar-refractivity contribution in [1.29, 1.82) is 0 Å². The molecule has 106 valence electrons. The molecule has 2 rings (SSSR count). The molecule has 1 heterocycles. The first-order valence-electron chi connectivity index (χ1n) is 6.73. The SMILES string of the molecule is COc1c(C)cc(C)cc1CNCC1(CN)COC1. The van der Waals surface area contributed by atoms with Gasteiger partial charge in [-0.3, -0.25) is 0 Å². The normalized spacial score (nSPS) is 17.1. The molecule has 1 aliphatic rings. The molecule has 0 aliphatic carbocycles. The zero-order chi connectivity index (χ0) is 13.9. The Bertz CT molecular complexity index is 437. The van der Waals surface area contributed by atoms with E-state index in [0.29, 0.717) is 6.54 Å². The topological polar surface area (TPSA) is 56.5 Å². The number of hydrogen-bond donors (Lipinski definition) is 2. The lowest BCUT2D eigenvalue weighted by Crippen LogP contribution is -2.54. The molecule has 19 heavy (non-hydrogen) atoms. The van der Waals surface area contributed by atoms with Crippen LogP contribution in [0.4, 0.5) is 0 Å². The second-order valence-corrected chi connectivity index (χ2v) is 5.57. The van der Waals surface area contributed by atoms with Crippen LogP contribution in [0.1, 0.15) is 16.7 Å². The highest BCUT2D eigenvalue weighted by Crippen LogP contribution is 2.27. The van der Waals surface area contributed by atoms with E-state index in [1.165, 1.54) is 16.7 Å². The van der Waals surface area contributed by atoms with Gasteiger partial charge in [0.2, 0.25) is 0 Å². The Balaban J connectivity index is 1.99. The Morgan fingerprint density at radius 2 is 2.11 bits per heavy atom. The number of hydrogen-bond acceptors (Lipinski definition) is 4. The van der Waals surface area contributed by atoms with Gasteiger partial charge in [0.05, 0.1) is 20.3 Å². The largest absolute Gasteiger partial charge is 0.496 e. The van der Waals surface area contributed by atoms with Crippen molar-refractivity contribution < 1.29 is 9.47 Å². The molecule has 1 saturated heterocycles. The maximum atomic E-state index is 5.81. The summed E-state index contributed by atoms with van der Waals surface area (Å²) in [4.78, 5) is 0. The molecule has 0 saturated carbocycles. The van der Waals surface area contributed by atoms with E-state index in [1.807, 2.05) is 0 Å². The van der Waals surface area contributed by atoms with Gasteiger partial charge >= 0.3 is 0 Å². The lowest BCUT2D eigenvalue weighted by molar-refractivity contribution is -0.105. The molecule has 1 aromatic carbocycles. The van der Waals surface area contributed by atoms with Crippen LogP contribution in [0.15, 0.2) is 12.1 Å². The van der Waals surface area contributed by atoms with Crippen LogP contribution in [0.25, 0.3) is 0 Å². The minimum atomic E-state index is 0.131. The van der Waals surface area contributed by atoms with Crippen molar-refractivity contribution in [2.24, 2.45) is 11.1 Å². The van der Waals surface area contributed by atoms with Gasteiger partial charge in [-0.25, -0.2) is 0 Å². The maximum absolute atomic E-state index is 5.81. The summed E-state index contributed by atoms with van der Waals surface area (Å²) in [6, 6.07) is 4.31. The van der Waals surface area contributed by atoms with Gasteiger partial charge in [-0.15, -0.1) is 0 Å². The number of aryl methyl sites for hydroxylation is 2. The van der Waals surface area contributed by atoms with E-state index in [1.54, 1.807) is 7.11 Å². The van der Waals surface area contributed by atoms with E-state index in [-0.39, 0.29) is 5.41 Å². The maximum Gasteiger partial charge on any atom is 0.126 e. The van der Waals surface area contributed by atoms with Gasteiger partial charge in [-0.2, -0.15) is 0 Å². The number of benzene rings is 1. The van der Waals surface area contributed by atoms with Crippen LogP contribution >= 0.6 is 0 Å². The summed E-state index contributed by atoms with van der Waals surface area (Å²) < 4.78 is 10.8. The molecular weight excluding hydrogens is 240 g/mol. The molecule has 0 radical (unpaired) electrons. The predicted molar refractivity (Wildman–Crippen MR) is 76.5 cm³/mol. The van der Waals surface area contributed by atoms with Crippen LogP contribution < -0.4 is 15.8 Å². The smallest absolute Gasteiger partial charge is 0.126 e. The van der Waals surface area contributed by atoms with E-state index < -0.39 is 0 Å². The summed E-state index contributed by atoms with van der Waals surface area (Å²) in [6.45, 7) is 8.07. The first-order chi connectivity index (χ1) is 9.10. The van der Waals surface area contributed by atoms with Crippen molar-refractivity contribution >= 4 is 0 Å². The summed E-state index contributed by atoms with van der Waals surface area (Å²) in [5.74, 6) is 0.977. The van der Waals surface area contributed by atoms with Crippen LogP contribution in [-0.2, 0) is 11.3 Å². The quantitative estimate of drug-likeness (QED) is 0.815. The van der Waals surface area contributed by atoms with E-state index in [4.69, 9.17) is 15.2 Å². The zero-order valence-electron chi connectivity index (χ0n) is 12.1. The van der Waals surface area contributed by atoms with E-state index in [0.717, 1.165) is 32.1 Å². The van der Waals surface area contributed by atoms with Crippen LogP contribution in [0, 0.1) is 19.3 Å². The average molecular weight is 264 g/mol. The van der Waals surface area contributed by atoms with E-state index in [9.17, 15) is 0 Å². The van der Waals surface area contributed by atoms with Crippen LogP contribution in [-0.4, -0.2) is 33.4 Å². The van der Waals surface area contributed by atoms with Gasteiger partial charge in [0.25, 0.3) is 0 Å². The molecule has 1 aliphatic heterocycles. The number of nitrogens with one attached hydrogen (secondary N) is 1. The molecule has 0 spiro atoms. The van der Waals surface area contributed by atoms with Crippen molar-refractivity contribution in [1.82, 2.24) is 5.32 Å². The highest BCUT2D eigenvalue weighted by atomic mass is 16.5. The van der Waals surface area contributed by atoms with Crippen LogP contribution in [0.2, 0.25) is 0 Å². The fourth-order valence-electron chi connectivity index (χ4n) is 2.61. The standard InChI is InChI=1S/C15H24N2O2/c1-11-4-12(2)14(18-3)13(5-11)6-17-8-15(7-16)9-19-10-15/h4-5,17H,6-10,16H2,1-3H3. The first-order valence-corrected chi connectivity index (χ1v) is 6.73. The Labute approximate surface area is 115 Å². The summed E-state index contributed by atoms with van der Waals surface area (Å²) in [5, 5.41) is 3.48. The van der Waals surface area contributed by atoms with Gasteiger partial charge in [0.1, 0.15) is 5.75 Å². The van der Waals surface area contributed by atoms with Crippen LogP contribution in [0.5, 0.6) is 5.75 Å². The highest BCUT2D eigenvalue weighted by molar-refractivity contribution is 5.43. The minimum Gasteiger partial charge on any atom is -0.496 e. The van der Waals surface area contributed by atoms with Gasteiger partial charge in [-0.1, -0.05) is 17.7 Å². The summed E-state index contributed by atoms with van der Waals surface area (Å²) in [6.07, 6.45) is 0. The van der Waals surface area contributed by atoms with Crippen molar-refractivity contribution in [2.45, 2.75) is 20.4 Å². The molecule has 3 N–H and O–H groups in total. The Morgan fingerprint density at radius 1 is 1.37 bits per heavy atom. The van der Waals surface area contributed by atoms with Gasteiger partial charge in [0, 0.05) is 30.6 Å². The van der Waals surface area contributed by atoms with Gasteiger partial charge in [0.15, 0.2) is 0 Å². The first kappa shape index (κ1) is 14.3. The molecule has 4 heteroatoms. The second kappa shape index (κ2) is 5.90. The summed E-state index contributed by atoms with van der Waals surface area (Å²) in [5.41, 5.74) is 9.58. The molecule has 0 atom stereocenters. The number of methoxy groups -OCH3 is 1. The van der Waals surface area contributed by atoms with Crippen molar-refractivity contribution in [3.05, 3.63) is 28.8 Å². The van der Waals surface area contributed by atoms with E-state index in [2.05, 4.69) is 31.3 Å². The fourth-order valence-corrected chi connectivity index (χ4v) is 2.61. The monoisotopic (exact) mass is 264 g/mol. The van der Waals surface area contributed by atoms with Crippen LogP contribution in [0.3, 0.4) is 0 Å². The van der Waals surface area contributed by atoms with Crippen molar-refractivity contribution in [2.75, 3.05) is 33.4 Å². The third kappa shape index (κ3) is 3.08. The van der Waals surface area contributed by atoms with Gasteiger partial charge < -0.3 is 20.5 Å². The highest BCUT2D eigenvalue weighted by Gasteiger charge is 2.36. The molecule has 1 aromatic rings. The average Bonchev–Trinajstić information content (AvgIpc) is 2.32. The molecular formula is C15H24N2O2. The minimum absolute atomic E-state index is 0.131. The lowest BCUT2D eigenvalue weighted by Gasteiger charge is -2.40. The molecule has 0 amide bonds. The van der Waals surface area contributed by atoms with E-state index >= 15 is 0 Å². The van der Waals surface area contributed by atoms with Crippen molar-refractivity contribution in [3.63, 3.8) is 0 Å². The number of ether oxygens (including phenoxy) is 2. The lowest BCUT2D eigenvalue weighted by atomic mass is 9.86. The fraction of sp³-hybridized carbons (Fsp3) is 0.600. The summed E-state index contributed by atoms with van der Waals surface area (Å²) >= 11 is 0. The number of nitrogens with two attached hydrogens (primary N) is 1. The predicted octanol–water partition coefficient (Wildman–Crippen LogP) is 1.38. The molecule has 0 bridgehead atoms. The zero-order valence-corrected chi connectivity index (χ0v) is 12.1. The number of rotatable bonds is 6. The molecule has 0 unspecified atom stereocenters. The summed E-state index contributed by atoms with van der Waals surface area (Å²) in [7, 11) is 1.72. The Hall–Kier alpha value is -1.10. The third-order valence-electron chi connectivity index (χ3n) is 3.76.